The average Bonchev–Trinajstić information content (AvgIpc) is 2.83. The molecule has 0 fully saturated rings. The molecular formula is C13H10N2O2S. The fourth-order valence-electron chi connectivity index (χ4n) is 1.61. The molecule has 0 saturated heterocycles. The van der Waals surface area contributed by atoms with Gasteiger partial charge < -0.3 is 9.72 Å². The van der Waals surface area contributed by atoms with Crippen LogP contribution in [0.2, 0.25) is 0 Å². The highest BCUT2D eigenvalue weighted by Crippen LogP contribution is 2.27. The second-order valence-corrected chi connectivity index (χ2v) is 3.69. The molecule has 0 unspecified atom stereocenters. The molecular weight excluding hydrogens is 248 g/mol. The summed E-state index contributed by atoms with van der Waals surface area (Å²) < 4.78 is 4.68. The van der Waals surface area contributed by atoms with Crippen LogP contribution in [0, 0.1) is 0 Å². The molecule has 90 valence electrons. The van der Waals surface area contributed by atoms with Crippen LogP contribution in [0.4, 0.5) is 5.69 Å². The van der Waals surface area contributed by atoms with Gasteiger partial charge in [-0.05, 0) is 23.8 Å². The predicted molar refractivity (Wildman–Crippen MR) is 72.3 cm³/mol. The third kappa shape index (κ3) is 2.37. The van der Waals surface area contributed by atoms with Crippen LogP contribution in [0.25, 0.3) is 11.3 Å². The number of hydrogen-bond acceptors (Lipinski definition) is 4. The highest BCUT2D eigenvalue weighted by Gasteiger charge is 2.16. The van der Waals surface area contributed by atoms with E-state index in [2.05, 4.69) is 32.1 Å². The third-order valence-corrected chi connectivity index (χ3v) is 2.53. The summed E-state index contributed by atoms with van der Waals surface area (Å²) >= 11 is 4.56. The number of nitrogens with one attached hydrogen (secondary N) is 1. The van der Waals surface area contributed by atoms with E-state index in [0.717, 1.165) is 11.3 Å². The van der Waals surface area contributed by atoms with Crippen LogP contribution in [0.3, 0.4) is 0 Å². The van der Waals surface area contributed by atoms with Gasteiger partial charge >= 0.3 is 5.97 Å². The first kappa shape index (κ1) is 12.2. The Morgan fingerprint density at radius 3 is 2.72 bits per heavy atom. The average molecular weight is 258 g/mol. The molecule has 0 saturated carbocycles. The lowest BCUT2D eigenvalue weighted by Gasteiger charge is -1.97. The van der Waals surface area contributed by atoms with Gasteiger partial charge in [-0.15, -0.1) is 0 Å². The molecule has 0 aliphatic heterocycles. The summed E-state index contributed by atoms with van der Waals surface area (Å²) in [6.45, 7) is 0. The van der Waals surface area contributed by atoms with Crippen LogP contribution in [0.1, 0.15) is 10.5 Å². The lowest BCUT2D eigenvalue weighted by atomic mass is 10.2. The first-order chi connectivity index (χ1) is 8.76. The van der Waals surface area contributed by atoms with Gasteiger partial charge in [0, 0.05) is 5.69 Å². The number of carbonyl (C=O) groups is 1. The molecule has 0 bridgehead atoms. The van der Waals surface area contributed by atoms with Gasteiger partial charge in [-0.2, -0.15) is 4.99 Å². The highest BCUT2D eigenvalue weighted by atomic mass is 32.1. The lowest BCUT2D eigenvalue weighted by Crippen LogP contribution is -2.01. The maximum atomic E-state index is 11.6. The van der Waals surface area contributed by atoms with Gasteiger partial charge in [0.25, 0.3) is 0 Å². The van der Waals surface area contributed by atoms with Gasteiger partial charge in [0.2, 0.25) is 0 Å². The maximum Gasteiger partial charge on any atom is 0.356 e. The van der Waals surface area contributed by atoms with Crippen molar-refractivity contribution in [2.75, 3.05) is 7.11 Å². The zero-order chi connectivity index (χ0) is 13.0. The fourth-order valence-corrected chi connectivity index (χ4v) is 1.71. The minimum Gasteiger partial charge on any atom is -0.464 e. The first-order valence-electron chi connectivity index (χ1n) is 5.21. The van der Waals surface area contributed by atoms with Crippen molar-refractivity contribution in [3.05, 3.63) is 42.1 Å². The monoisotopic (exact) mass is 258 g/mol. The first-order valence-corrected chi connectivity index (χ1v) is 5.61. The van der Waals surface area contributed by atoms with Gasteiger partial charge in [-0.3, -0.25) is 0 Å². The Labute approximate surface area is 109 Å². The molecule has 18 heavy (non-hydrogen) atoms. The van der Waals surface area contributed by atoms with E-state index in [9.17, 15) is 4.79 Å². The Bertz CT molecular complexity index is 613. The zero-order valence-corrected chi connectivity index (χ0v) is 10.5. The van der Waals surface area contributed by atoms with Gasteiger partial charge in [-0.25, -0.2) is 4.79 Å². The summed E-state index contributed by atoms with van der Waals surface area (Å²) in [7, 11) is 1.32. The van der Waals surface area contributed by atoms with Crippen LogP contribution in [-0.4, -0.2) is 23.2 Å². The third-order valence-electron chi connectivity index (χ3n) is 2.44. The summed E-state index contributed by atoms with van der Waals surface area (Å²) in [4.78, 5) is 18.4. The summed E-state index contributed by atoms with van der Waals surface area (Å²) in [5.74, 6) is -0.485. The zero-order valence-electron chi connectivity index (χ0n) is 9.64. The van der Waals surface area contributed by atoms with E-state index >= 15 is 0 Å². The van der Waals surface area contributed by atoms with E-state index in [0.29, 0.717) is 5.69 Å². The van der Waals surface area contributed by atoms with E-state index in [1.165, 1.54) is 7.11 Å². The molecule has 0 spiro atoms. The van der Waals surface area contributed by atoms with Crippen LogP contribution in [0.15, 0.2) is 41.4 Å². The SMILES string of the molecule is COC(=O)c1[nH]c(-c2ccccc2)cc1N=C=S. The topological polar surface area (TPSA) is 54.5 Å². The molecule has 1 aromatic carbocycles. The largest absolute Gasteiger partial charge is 0.464 e. The quantitative estimate of drug-likeness (QED) is 0.522. The Morgan fingerprint density at radius 1 is 1.39 bits per heavy atom. The number of aromatic amines is 1. The van der Waals surface area contributed by atoms with E-state index in [1.807, 2.05) is 30.3 Å². The van der Waals surface area contributed by atoms with E-state index in [4.69, 9.17) is 0 Å². The van der Waals surface area contributed by atoms with Crippen molar-refractivity contribution in [2.24, 2.45) is 4.99 Å². The van der Waals surface area contributed by atoms with Crippen molar-refractivity contribution in [1.29, 1.82) is 0 Å². The molecule has 0 aliphatic carbocycles. The number of benzene rings is 1. The van der Waals surface area contributed by atoms with Crippen molar-refractivity contribution in [3.63, 3.8) is 0 Å². The van der Waals surface area contributed by atoms with Gasteiger partial charge in [0.15, 0.2) is 5.69 Å². The van der Waals surface area contributed by atoms with Crippen LogP contribution in [-0.2, 0) is 4.74 Å². The standard InChI is InChI=1S/C13H10N2O2S/c1-17-13(16)12-11(14-8-18)7-10(15-12)9-5-3-2-4-6-9/h2-7,15H,1H3. The summed E-state index contributed by atoms with van der Waals surface area (Å²) in [5.41, 5.74) is 2.43. The van der Waals surface area contributed by atoms with E-state index in [-0.39, 0.29) is 5.69 Å². The van der Waals surface area contributed by atoms with Gasteiger partial charge in [0.05, 0.1) is 12.3 Å². The minimum absolute atomic E-state index is 0.272. The molecule has 1 heterocycles. The minimum atomic E-state index is -0.485. The number of ether oxygens (including phenoxy) is 1. The summed E-state index contributed by atoms with van der Waals surface area (Å²) in [5, 5.41) is 2.25. The number of rotatable bonds is 3. The van der Waals surface area contributed by atoms with Gasteiger partial charge in [-0.1, -0.05) is 30.3 Å². The van der Waals surface area contributed by atoms with E-state index in [1.54, 1.807) is 6.07 Å². The van der Waals surface area contributed by atoms with Gasteiger partial charge in [0.1, 0.15) is 5.69 Å². The molecule has 0 aliphatic rings. The second-order valence-electron chi connectivity index (χ2n) is 3.50. The smallest absolute Gasteiger partial charge is 0.356 e. The second kappa shape index (κ2) is 5.40. The Balaban J connectivity index is 2.52. The van der Waals surface area contributed by atoms with Crippen LogP contribution < -0.4 is 0 Å². The fraction of sp³-hybridized carbons (Fsp3) is 0.0769. The predicted octanol–water partition coefficient (Wildman–Crippen LogP) is 3.20. The van der Waals surface area contributed by atoms with Crippen molar-refractivity contribution >= 4 is 29.0 Å². The van der Waals surface area contributed by atoms with E-state index < -0.39 is 5.97 Å². The number of H-pyrrole nitrogens is 1. The molecule has 2 aromatic rings. The molecule has 2 rings (SSSR count). The number of carbonyl (C=O) groups excluding carboxylic acids is 1. The number of nitrogens with zero attached hydrogens (tertiary/aromatic N) is 1. The lowest BCUT2D eigenvalue weighted by molar-refractivity contribution is 0.0596. The molecule has 5 heteroatoms. The van der Waals surface area contributed by atoms with Crippen molar-refractivity contribution < 1.29 is 9.53 Å². The number of aliphatic imine (C=N–C) groups is 1. The van der Waals surface area contributed by atoms with Crippen LogP contribution >= 0.6 is 12.2 Å². The molecule has 0 amide bonds. The normalized spacial score (nSPS) is 9.61. The molecule has 1 N–H and O–H groups in total. The molecule has 0 radical (unpaired) electrons. The number of esters is 1. The van der Waals surface area contributed by atoms with Crippen LogP contribution in [0.5, 0.6) is 0 Å². The molecule has 0 atom stereocenters. The van der Waals surface area contributed by atoms with Crippen molar-refractivity contribution in [1.82, 2.24) is 4.98 Å². The summed E-state index contributed by atoms with van der Waals surface area (Å²) in [6.07, 6.45) is 0. The number of aromatic nitrogens is 1. The number of methoxy groups -OCH3 is 1. The van der Waals surface area contributed by atoms with Crippen molar-refractivity contribution in [3.8, 4) is 11.3 Å². The maximum absolute atomic E-state index is 11.6. The Morgan fingerprint density at radius 2 is 2.11 bits per heavy atom. The number of hydrogen-bond donors (Lipinski definition) is 1. The van der Waals surface area contributed by atoms with Crippen molar-refractivity contribution in [2.45, 2.75) is 0 Å². The number of thiocarbonyl (C=S) groups is 1. The highest BCUT2D eigenvalue weighted by molar-refractivity contribution is 7.78. The Hall–Kier alpha value is -2.23. The Kier molecular flexibility index (Phi) is 3.67. The summed E-state index contributed by atoms with van der Waals surface area (Å²) in [6, 6.07) is 11.3. The molecule has 1 aromatic heterocycles. The number of isothiocyanates is 1. The molecule has 4 nitrogen and oxygen atoms in total.